The first-order valence-corrected chi connectivity index (χ1v) is 9.85. The molecule has 4 rings (SSSR count). The van der Waals surface area contributed by atoms with Gasteiger partial charge in [-0.3, -0.25) is 4.79 Å². The monoisotopic (exact) mass is 373 g/mol. The van der Waals surface area contributed by atoms with Gasteiger partial charge in [-0.05, 0) is 49.6 Å². The second-order valence-corrected chi connectivity index (χ2v) is 8.18. The summed E-state index contributed by atoms with van der Waals surface area (Å²) in [6.45, 7) is 4.77. The molecule has 0 radical (unpaired) electrons. The number of carbonyl (C=O) groups excluding carboxylic acids is 1. The van der Waals surface area contributed by atoms with Crippen LogP contribution in [0.3, 0.4) is 0 Å². The molecule has 0 spiro atoms. The molecule has 0 aliphatic carbocycles. The summed E-state index contributed by atoms with van der Waals surface area (Å²) in [4.78, 5) is 17.1. The summed E-state index contributed by atoms with van der Waals surface area (Å²) in [6.07, 6.45) is 1.56. The molecule has 2 aliphatic rings. The number of aryl methyl sites for hydroxylation is 1. The molecule has 1 amide bonds. The molecule has 6 heteroatoms. The number of fused-ring (bicyclic) bond motifs is 1. The Labute approximate surface area is 157 Å². The molecular formula is C20H23NO4S. The zero-order valence-electron chi connectivity index (χ0n) is 14.9. The van der Waals surface area contributed by atoms with Crippen molar-refractivity contribution in [2.45, 2.75) is 26.3 Å². The van der Waals surface area contributed by atoms with E-state index >= 15 is 0 Å². The highest BCUT2D eigenvalue weighted by Gasteiger charge is 2.29. The summed E-state index contributed by atoms with van der Waals surface area (Å²) < 4.78 is 11.2. The van der Waals surface area contributed by atoms with Gasteiger partial charge in [0, 0.05) is 41.0 Å². The number of phenolic OH excluding ortho intramolecular Hbond substituents is 1. The number of hydrogen-bond donors (Lipinski definition) is 1. The molecule has 1 aromatic carbocycles. The van der Waals surface area contributed by atoms with Gasteiger partial charge in [0.25, 0.3) is 0 Å². The molecule has 0 bridgehead atoms. The highest BCUT2D eigenvalue weighted by atomic mass is 32.1. The van der Waals surface area contributed by atoms with Crippen LogP contribution in [0, 0.1) is 12.8 Å². The highest BCUT2D eigenvalue weighted by Crippen LogP contribution is 2.39. The van der Waals surface area contributed by atoms with Crippen LogP contribution in [0.2, 0.25) is 0 Å². The van der Waals surface area contributed by atoms with Crippen molar-refractivity contribution in [2.24, 2.45) is 5.92 Å². The molecule has 2 aliphatic heterocycles. The lowest BCUT2D eigenvalue weighted by atomic mass is 9.98. The normalized spacial score (nSPS) is 18.1. The van der Waals surface area contributed by atoms with Crippen molar-refractivity contribution in [3.05, 3.63) is 34.7 Å². The van der Waals surface area contributed by atoms with Gasteiger partial charge in [0.05, 0.1) is 6.54 Å². The number of carbonyl (C=O) groups is 1. The summed E-state index contributed by atoms with van der Waals surface area (Å²) in [5, 5.41) is 10.5. The number of amides is 1. The van der Waals surface area contributed by atoms with Crippen LogP contribution in [0.25, 0.3) is 10.4 Å². The van der Waals surface area contributed by atoms with E-state index in [1.807, 2.05) is 11.0 Å². The second-order valence-electron chi connectivity index (χ2n) is 6.89. The van der Waals surface area contributed by atoms with Gasteiger partial charge in [-0.25, -0.2) is 0 Å². The number of thiophene rings is 1. The van der Waals surface area contributed by atoms with Crippen molar-refractivity contribution < 1.29 is 19.4 Å². The van der Waals surface area contributed by atoms with Gasteiger partial charge in [-0.2, -0.15) is 0 Å². The van der Waals surface area contributed by atoms with E-state index in [0.29, 0.717) is 38.7 Å². The van der Waals surface area contributed by atoms with Gasteiger partial charge in [0.15, 0.2) is 11.5 Å². The summed E-state index contributed by atoms with van der Waals surface area (Å²) >= 11 is 1.69. The Morgan fingerprint density at radius 2 is 2.04 bits per heavy atom. The summed E-state index contributed by atoms with van der Waals surface area (Å²) in [7, 11) is 0. The van der Waals surface area contributed by atoms with E-state index < -0.39 is 0 Å². The first-order valence-electron chi connectivity index (χ1n) is 9.04. The Hall–Kier alpha value is -2.05. The standard InChI is InChI=1S/C20H23NO4S/c1-13-2-3-18(26-13)15-10-16-12-21(6-9-25-19(16)17(22)11-15)20(23)14-4-7-24-8-5-14/h2-3,10-11,14,22H,4-9,12H2,1H3. The van der Waals surface area contributed by atoms with Crippen LogP contribution in [0.1, 0.15) is 23.3 Å². The summed E-state index contributed by atoms with van der Waals surface area (Å²) in [6, 6.07) is 7.92. The Bertz CT molecular complexity index is 810. The molecule has 138 valence electrons. The van der Waals surface area contributed by atoms with Crippen molar-refractivity contribution in [1.82, 2.24) is 4.90 Å². The van der Waals surface area contributed by atoms with Crippen molar-refractivity contribution in [3.8, 4) is 21.9 Å². The van der Waals surface area contributed by atoms with Gasteiger partial charge in [-0.15, -0.1) is 11.3 Å². The first-order chi connectivity index (χ1) is 12.6. The van der Waals surface area contributed by atoms with Gasteiger partial charge in [0.1, 0.15) is 6.61 Å². The van der Waals surface area contributed by atoms with E-state index in [1.54, 1.807) is 17.4 Å². The fraction of sp³-hybridized carbons (Fsp3) is 0.450. The van der Waals surface area contributed by atoms with E-state index in [9.17, 15) is 9.90 Å². The topological polar surface area (TPSA) is 59.0 Å². The van der Waals surface area contributed by atoms with Crippen molar-refractivity contribution in [3.63, 3.8) is 0 Å². The number of nitrogens with zero attached hydrogens (tertiary/aromatic N) is 1. The maximum Gasteiger partial charge on any atom is 0.226 e. The smallest absolute Gasteiger partial charge is 0.226 e. The molecule has 1 N–H and O–H groups in total. The number of benzene rings is 1. The minimum absolute atomic E-state index is 0.0297. The molecular weight excluding hydrogens is 350 g/mol. The Morgan fingerprint density at radius 3 is 2.77 bits per heavy atom. The zero-order valence-corrected chi connectivity index (χ0v) is 15.7. The summed E-state index contributed by atoms with van der Waals surface area (Å²) in [5.41, 5.74) is 1.83. The molecule has 0 unspecified atom stereocenters. The van der Waals surface area contributed by atoms with Crippen LogP contribution < -0.4 is 4.74 Å². The predicted molar refractivity (Wildman–Crippen MR) is 101 cm³/mol. The molecule has 3 heterocycles. The van der Waals surface area contributed by atoms with Gasteiger partial charge < -0.3 is 19.5 Å². The number of ether oxygens (including phenoxy) is 2. The number of phenols is 1. The number of rotatable bonds is 2. The van der Waals surface area contributed by atoms with E-state index in [-0.39, 0.29) is 17.6 Å². The zero-order chi connectivity index (χ0) is 18.1. The molecule has 1 aromatic heterocycles. The number of hydrogen-bond acceptors (Lipinski definition) is 5. The molecule has 1 fully saturated rings. The Kier molecular flexibility index (Phi) is 4.87. The average Bonchev–Trinajstić information content (AvgIpc) is 2.97. The number of aromatic hydroxyl groups is 1. The fourth-order valence-electron chi connectivity index (χ4n) is 3.62. The van der Waals surface area contributed by atoms with Crippen LogP contribution in [0.4, 0.5) is 0 Å². The quantitative estimate of drug-likeness (QED) is 0.874. The fourth-order valence-corrected chi connectivity index (χ4v) is 4.48. The SMILES string of the molecule is Cc1ccc(-c2cc(O)c3c(c2)CN(C(=O)C2CCOCC2)CCO3)s1. The third kappa shape index (κ3) is 3.44. The Balaban J connectivity index is 1.62. The van der Waals surface area contributed by atoms with E-state index in [0.717, 1.165) is 28.8 Å². The lowest BCUT2D eigenvalue weighted by Gasteiger charge is -2.28. The van der Waals surface area contributed by atoms with Crippen molar-refractivity contribution in [2.75, 3.05) is 26.4 Å². The predicted octanol–water partition coefficient (Wildman–Crippen LogP) is 3.58. The van der Waals surface area contributed by atoms with Crippen LogP contribution in [-0.2, 0) is 16.1 Å². The molecule has 5 nitrogen and oxygen atoms in total. The molecule has 1 saturated heterocycles. The minimum Gasteiger partial charge on any atom is -0.504 e. The summed E-state index contributed by atoms with van der Waals surface area (Å²) in [5.74, 6) is 0.844. The van der Waals surface area contributed by atoms with Gasteiger partial charge in [-0.1, -0.05) is 0 Å². The van der Waals surface area contributed by atoms with Crippen LogP contribution in [0.5, 0.6) is 11.5 Å². The average molecular weight is 373 g/mol. The lowest BCUT2D eigenvalue weighted by molar-refractivity contribution is -0.139. The van der Waals surface area contributed by atoms with E-state index in [2.05, 4.69) is 19.1 Å². The van der Waals surface area contributed by atoms with E-state index in [1.165, 1.54) is 4.88 Å². The molecule has 0 atom stereocenters. The highest BCUT2D eigenvalue weighted by molar-refractivity contribution is 7.15. The Morgan fingerprint density at radius 1 is 1.23 bits per heavy atom. The van der Waals surface area contributed by atoms with Crippen molar-refractivity contribution >= 4 is 17.2 Å². The van der Waals surface area contributed by atoms with Gasteiger partial charge >= 0.3 is 0 Å². The lowest BCUT2D eigenvalue weighted by Crippen LogP contribution is -2.39. The van der Waals surface area contributed by atoms with Crippen LogP contribution in [0.15, 0.2) is 24.3 Å². The molecule has 0 saturated carbocycles. The molecule has 2 aromatic rings. The first kappa shape index (κ1) is 17.4. The van der Waals surface area contributed by atoms with Crippen LogP contribution in [-0.4, -0.2) is 42.3 Å². The van der Waals surface area contributed by atoms with Gasteiger partial charge in [0.2, 0.25) is 5.91 Å². The van der Waals surface area contributed by atoms with E-state index in [4.69, 9.17) is 9.47 Å². The second kappa shape index (κ2) is 7.29. The third-order valence-corrected chi connectivity index (χ3v) is 6.07. The largest absolute Gasteiger partial charge is 0.504 e. The maximum absolute atomic E-state index is 12.9. The minimum atomic E-state index is 0.0297. The third-order valence-electron chi connectivity index (χ3n) is 5.02. The molecule has 26 heavy (non-hydrogen) atoms. The van der Waals surface area contributed by atoms with Crippen LogP contribution >= 0.6 is 11.3 Å². The maximum atomic E-state index is 12.9. The van der Waals surface area contributed by atoms with Crippen molar-refractivity contribution in [1.29, 1.82) is 0 Å².